The van der Waals surface area contributed by atoms with Crippen LogP contribution in [-0.4, -0.2) is 34.9 Å². The number of carbonyl (C=O) groups excluding carboxylic acids is 2. The molecule has 0 aliphatic rings. The zero-order valence-corrected chi connectivity index (χ0v) is 21.7. The van der Waals surface area contributed by atoms with Crippen LogP contribution in [0.3, 0.4) is 0 Å². The predicted octanol–water partition coefficient (Wildman–Crippen LogP) is 5.46. The largest absolute Gasteiger partial charge is 0.483 e. The van der Waals surface area contributed by atoms with E-state index in [2.05, 4.69) is 42.0 Å². The highest BCUT2D eigenvalue weighted by molar-refractivity contribution is 9.10. The highest BCUT2D eigenvalue weighted by atomic mass is 79.9. The van der Waals surface area contributed by atoms with Crippen molar-refractivity contribution in [2.45, 2.75) is 72.0 Å². The molecule has 2 rings (SSSR count). The van der Waals surface area contributed by atoms with Gasteiger partial charge in [-0.05, 0) is 62.4 Å². The lowest BCUT2D eigenvalue weighted by molar-refractivity contribution is -0.142. The van der Waals surface area contributed by atoms with Gasteiger partial charge in [0.25, 0.3) is 5.91 Å². The molecular formula is C26H35BrN2O3. The zero-order valence-electron chi connectivity index (χ0n) is 20.2. The Kier molecular flexibility index (Phi) is 8.52. The van der Waals surface area contributed by atoms with Gasteiger partial charge in [0, 0.05) is 16.6 Å². The molecule has 2 amide bonds. The van der Waals surface area contributed by atoms with Crippen LogP contribution in [0.1, 0.15) is 59.6 Å². The molecule has 6 heteroatoms. The molecule has 0 radical (unpaired) electrons. The summed E-state index contributed by atoms with van der Waals surface area (Å²) < 4.78 is 6.92. The standard InChI is InChI=1S/C26H35BrN2O3/c1-18(24(31)28-26(5,6)7)29(16-19-12-14-20(27)15-13-19)23(30)17-32-22-11-9-8-10-21(22)25(2,3)4/h8-15,18H,16-17H2,1-7H3,(H,28,31)/t18-/m1/s1. The average Bonchev–Trinajstić information content (AvgIpc) is 2.69. The molecule has 2 aromatic rings. The summed E-state index contributed by atoms with van der Waals surface area (Å²) in [7, 11) is 0. The van der Waals surface area contributed by atoms with Gasteiger partial charge in [0.15, 0.2) is 6.61 Å². The normalized spacial score (nSPS) is 12.8. The summed E-state index contributed by atoms with van der Waals surface area (Å²) in [5.74, 6) is 0.245. The van der Waals surface area contributed by atoms with Crippen LogP contribution in [0.5, 0.6) is 5.75 Å². The molecule has 5 nitrogen and oxygen atoms in total. The summed E-state index contributed by atoms with van der Waals surface area (Å²) in [5.41, 5.74) is 1.47. The fourth-order valence-electron chi connectivity index (χ4n) is 3.28. The van der Waals surface area contributed by atoms with Crippen LogP contribution in [0.25, 0.3) is 0 Å². The third-order valence-corrected chi connectivity index (χ3v) is 5.51. The quantitative estimate of drug-likeness (QED) is 0.546. The number of nitrogens with zero attached hydrogens (tertiary/aromatic N) is 1. The molecule has 32 heavy (non-hydrogen) atoms. The number of para-hydroxylation sites is 1. The number of amides is 2. The summed E-state index contributed by atoms with van der Waals surface area (Å²) in [6.45, 7) is 14.0. The van der Waals surface area contributed by atoms with Gasteiger partial charge in [0.1, 0.15) is 11.8 Å². The summed E-state index contributed by atoms with van der Waals surface area (Å²) in [5, 5.41) is 2.97. The Bertz CT molecular complexity index is 927. The molecular weight excluding hydrogens is 468 g/mol. The van der Waals surface area contributed by atoms with Crippen molar-refractivity contribution < 1.29 is 14.3 Å². The van der Waals surface area contributed by atoms with E-state index in [1.165, 1.54) is 0 Å². The van der Waals surface area contributed by atoms with Gasteiger partial charge in [-0.3, -0.25) is 9.59 Å². The third-order valence-electron chi connectivity index (χ3n) is 4.98. The van der Waals surface area contributed by atoms with Crippen molar-refractivity contribution in [1.82, 2.24) is 10.2 Å². The third kappa shape index (κ3) is 7.66. The topological polar surface area (TPSA) is 58.6 Å². The van der Waals surface area contributed by atoms with Crippen molar-refractivity contribution in [2.75, 3.05) is 6.61 Å². The lowest BCUT2D eigenvalue weighted by Crippen LogP contribution is -2.53. The molecule has 0 aliphatic heterocycles. The molecule has 174 valence electrons. The highest BCUT2D eigenvalue weighted by Gasteiger charge is 2.29. The Morgan fingerprint density at radius 1 is 1.00 bits per heavy atom. The Hall–Kier alpha value is -2.34. The number of benzene rings is 2. The molecule has 0 aliphatic carbocycles. The van der Waals surface area contributed by atoms with Gasteiger partial charge >= 0.3 is 0 Å². The van der Waals surface area contributed by atoms with Crippen molar-refractivity contribution in [3.63, 3.8) is 0 Å². The second kappa shape index (κ2) is 10.5. The van der Waals surface area contributed by atoms with Gasteiger partial charge < -0.3 is 15.0 Å². The van der Waals surface area contributed by atoms with E-state index >= 15 is 0 Å². The molecule has 0 saturated carbocycles. The second-order valence-corrected chi connectivity index (χ2v) is 11.0. The van der Waals surface area contributed by atoms with Crippen LogP contribution >= 0.6 is 15.9 Å². The van der Waals surface area contributed by atoms with Gasteiger partial charge in [-0.1, -0.05) is 67.0 Å². The first-order valence-corrected chi connectivity index (χ1v) is 11.7. The first-order chi connectivity index (χ1) is 14.8. The average molecular weight is 503 g/mol. The number of rotatable bonds is 7. The Morgan fingerprint density at radius 3 is 2.16 bits per heavy atom. The van der Waals surface area contributed by atoms with Crippen molar-refractivity contribution in [3.8, 4) is 5.75 Å². The first kappa shape index (κ1) is 25.9. The summed E-state index contributed by atoms with van der Waals surface area (Å²) in [6.07, 6.45) is 0. The monoisotopic (exact) mass is 502 g/mol. The van der Waals surface area contributed by atoms with Crippen molar-refractivity contribution in [3.05, 3.63) is 64.1 Å². The fourth-order valence-corrected chi connectivity index (χ4v) is 3.54. The SMILES string of the molecule is C[C@H](C(=O)NC(C)(C)C)N(Cc1ccc(Br)cc1)C(=O)COc1ccccc1C(C)(C)C. The molecule has 0 saturated heterocycles. The molecule has 0 bridgehead atoms. The first-order valence-electron chi connectivity index (χ1n) is 10.9. The van der Waals surface area contributed by atoms with Gasteiger partial charge in [0.05, 0.1) is 0 Å². The Labute approximate surface area is 200 Å². The van der Waals surface area contributed by atoms with Crippen LogP contribution < -0.4 is 10.1 Å². The Balaban J connectivity index is 2.23. The lowest BCUT2D eigenvalue weighted by Gasteiger charge is -2.31. The Morgan fingerprint density at radius 2 is 1.59 bits per heavy atom. The van der Waals surface area contributed by atoms with Gasteiger partial charge in [-0.2, -0.15) is 0 Å². The maximum Gasteiger partial charge on any atom is 0.261 e. The smallest absolute Gasteiger partial charge is 0.261 e. The van der Waals surface area contributed by atoms with Crippen LogP contribution in [-0.2, 0) is 21.5 Å². The molecule has 0 aromatic heterocycles. The van der Waals surface area contributed by atoms with Gasteiger partial charge in [0.2, 0.25) is 5.91 Å². The van der Waals surface area contributed by atoms with E-state index in [1.54, 1.807) is 11.8 Å². The molecule has 1 atom stereocenters. The second-order valence-electron chi connectivity index (χ2n) is 10.1. The van der Waals surface area contributed by atoms with E-state index < -0.39 is 6.04 Å². The fraction of sp³-hybridized carbons (Fsp3) is 0.462. The molecule has 0 spiro atoms. The van der Waals surface area contributed by atoms with Crippen LogP contribution in [0.15, 0.2) is 53.0 Å². The predicted molar refractivity (Wildman–Crippen MR) is 133 cm³/mol. The van der Waals surface area contributed by atoms with Gasteiger partial charge in [-0.15, -0.1) is 0 Å². The van der Waals surface area contributed by atoms with E-state index in [-0.39, 0.29) is 29.4 Å². The highest BCUT2D eigenvalue weighted by Crippen LogP contribution is 2.31. The van der Waals surface area contributed by atoms with E-state index in [0.29, 0.717) is 12.3 Å². The van der Waals surface area contributed by atoms with Crippen LogP contribution in [0.2, 0.25) is 0 Å². The molecule has 0 heterocycles. The summed E-state index contributed by atoms with van der Waals surface area (Å²) >= 11 is 3.43. The number of hydrogen-bond donors (Lipinski definition) is 1. The minimum atomic E-state index is -0.646. The van der Waals surface area contributed by atoms with E-state index in [4.69, 9.17) is 4.74 Å². The van der Waals surface area contributed by atoms with E-state index in [9.17, 15) is 9.59 Å². The summed E-state index contributed by atoms with van der Waals surface area (Å²) in [6, 6.07) is 14.8. The van der Waals surface area contributed by atoms with Crippen molar-refractivity contribution >= 4 is 27.7 Å². The van der Waals surface area contributed by atoms with Crippen LogP contribution in [0.4, 0.5) is 0 Å². The molecule has 2 aromatic carbocycles. The zero-order chi connectivity index (χ0) is 24.1. The van der Waals surface area contributed by atoms with Crippen molar-refractivity contribution in [2.24, 2.45) is 0 Å². The number of nitrogens with one attached hydrogen (secondary N) is 1. The maximum atomic E-state index is 13.3. The molecule has 1 N–H and O–H groups in total. The molecule has 0 fully saturated rings. The minimum absolute atomic E-state index is 0.114. The summed E-state index contributed by atoms with van der Waals surface area (Å²) in [4.78, 5) is 27.7. The molecule has 0 unspecified atom stereocenters. The number of halogens is 1. The minimum Gasteiger partial charge on any atom is -0.483 e. The number of carbonyl (C=O) groups is 2. The maximum absolute atomic E-state index is 13.3. The van der Waals surface area contributed by atoms with E-state index in [0.717, 1.165) is 15.6 Å². The van der Waals surface area contributed by atoms with Gasteiger partial charge in [-0.25, -0.2) is 0 Å². The number of ether oxygens (including phenoxy) is 1. The lowest BCUT2D eigenvalue weighted by atomic mass is 9.86. The van der Waals surface area contributed by atoms with Crippen LogP contribution in [0, 0.1) is 0 Å². The van der Waals surface area contributed by atoms with Crippen molar-refractivity contribution in [1.29, 1.82) is 0 Å². The van der Waals surface area contributed by atoms with E-state index in [1.807, 2.05) is 69.3 Å². The number of hydrogen-bond acceptors (Lipinski definition) is 3.